The molecule has 1 fully saturated rings. The molecule has 1 heterocycles. The van der Waals surface area contributed by atoms with Crippen molar-refractivity contribution in [2.24, 2.45) is 0 Å². The lowest BCUT2D eigenvalue weighted by Gasteiger charge is -2.23. The van der Waals surface area contributed by atoms with Crippen molar-refractivity contribution in [2.75, 3.05) is 6.61 Å². The van der Waals surface area contributed by atoms with Gasteiger partial charge in [0.25, 0.3) is 0 Å². The highest BCUT2D eigenvalue weighted by Gasteiger charge is 2.15. The number of benzene rings is 1. The number of hydroxylamine groups is 1. The third-order valence-electron chi connectivity index (χ3n) is 2.86. The lowest BCUT2D eigenvalue weighted by Crippen LogP contribution is -2.28. The van der Waals surface area contributed by atoms with E-state index in [1.165, 1.54) is 0 Å². The highest BCUT2D eigenvalue weighted by Crippen LogP contribution is 2.18. The van der Waals surface area contributed by atoms with E-state index in [0.717, 1.165) is 37.1 Å². The van der Waals surface area contributed by atoms with Gasteiger partial charge in [-0.25, -0.2) is 4.84 Å². The largest absolute Gasteiger partial charge is 0.350 e. The molecule has 1 aliphatic rings. The molecule has 0 aromatic heterocycles. The fourth-order valence-electron chi connectivity index (χ4n) is 1.87. The van der Waals surface area contributed by atoms with Crippen molar-refractivity contribution in [3.05, 3.63) is 40.9 Å². The number of hydrogen-bond donors (Lipinski definition) is 1. The van der Waals surface area contributed by atoms with Crippen molar-refractivity contribution in [3.63, 3.8) is 0 Å². The molecular weight excluding hydrogens is 250 g/mol. The highest BCUT2D eigenvalue weighted by molar-refractivity contribution is 6.30. The van der Waals surface area contributed by atoms with Crippen molar-refractivity contribution in [2.45, 2.75) is 32.5 Å². The van der Waals surface area contributed by atoms with Gasteiger partial charge in [0.15, 0.2) is 6.29 Å². The average molecular weight is 268 g/mol. The van der Waals surface area contributed by atoms with Gasteiger partial charge in [-0.2, -0.15) is 0 Å². The monoisotopic (exact) mass is 267 g/mol. The van der Waals surface area contributed by atoms with Crippen LogP contribution < -0.4 is 5.48 Å². The van der Waals surface area contributed by atoms with E-state index in [2.05, 4.69) is 5.48 Å². The molecule has 0 spiro atoms. The second kappa shape index (κ2) is 6.78. The van der Waals surface area contributed by atoms with Crippen LogP contribution in [0.3, 0.4) is 0 Å². The summed E-state index contributed by atoms with van der Waals surface area (Å²) in [6.45, 7) is 2.73. The van der Waals surface area contributed by atoms with Gasteiger partial charge in [-0.3, -0.25) is 5.48 Å². The maximum atomic E-state index is 5.97. The summed E-state index contributed by atoms with van der Waals surface area (Å²) in [6.07, 6.45) is 4.99. The van der Waals surface area contributed by atoms with Crippen LogP contribution in [0.25, 0.3) is 5.70 Å². The van der Waals surface area contributed by atoms with E-state index < -0.39 is 0 Å². The number of allylic oxidation sites excluding steroid dienone is 1. The third-order valence-corrected chi connectivity index (χ3v) is 3.10. The van der Waals surface area contributed by atoms with Gasteiger partial charge < -0.3 is 4.74 Å². The first-order valence-electron chi connectivity index (χ1n) is 6.25. The van der Waals surface area contributed by atoms with E-state index in [1.807, 2.05) is 37.3 Å². The first-order valence-corrected chi connectivity index (χ1v) is 6.63. The number of ether oxygens (including phenoxy) is 1. The van der Waals surface area contributed by atoms with Gasteiger partial charge in [0.05, 0.1) is 5.70 Å². The highest BCUT2D eigenvalue weighted by atomic mass is 35.5. The van der Waals surface area contributed by atoms with Crippen LogP contribution in [0.15, 0.2) is 30.3 Å². The Morgan fingerprint density at radius 2 is 2.39 bits per heavy atom. The Bertz CT molecular complexity index is 414. The molecule has 1 saturated heterocycles. The van der Waals surface area contributed by atoms with Crippen molar-refractivity contribution in [3.8, 4) is 0 Å². The van der Waals surface area contributed by atoms with Gasteiger partial charge >= 0.3 is 0 Å². The van der Waals surface area contributed by atoms with E-state index in [1.54, 1.807) is 0 Å². The van der Waals surface area contributed by atoms with Gasteiger partial charge in [0.1, 0.15) is 0 Å². The second-order valence-corrected chi connectivity index (χ2v) is 4.67. The second-order valence-electron chi connectivity index (χ2n) is 4.23. The zero-order valence-electron chi connectivity index (χ0n) is 10.5. The fraction of sp³-hybridized carbons (Fsp3) is 0.429. The Morgan fingerprint density at radius 1 is 1.50 bits per heavy atom. The Kier molecular flexibility index (Phi) is 5.05. The topological polar surface area (TPSA) is 30.5 Å². The van der Waals surface area contributed by atoms with Crippen LogP contribution in [-0.4, -0.2) is 12.9 Å². The van der Waals surface area contributed by atoms with Crippen LogP contribution in [0, 0.1) is 0 Å². The number of hydrogen-bond acceptors (Lipinski definition) is 3. The molecule has 1 atom stereocenters. The molecule has 1 aromatic carbocycles. The summed E-state index contributed by atoms with van der Waals surface area (Å²) < 4.78 is 5.49. The van der Waals surface area contributed by atoms with Crippen LogP contribution in [0.4, 0.5) is 0 Å². The fourth-order valence-corrected chi connectivity index (χ4v) is 2.06. The summed E-state index contributed by atoms with van der Waals surface area (Å²) in [7, 11) is 0. The number of nitrogens with one attached hydrogen (secondary N) is 1. The molecular formula is C14H18ClNO2. The molecule has 1 unspecified atom stereocenters. The van der Waals surface area contributed by atoms with E-state index >= 15 is 0 Å². The molecule has 0 saturated carbocycles. The molecule has 1 N–H and O–H groups in total. The minimum absolute atomic E-state index is 0.159. The van der Waals surface area contributed by atoms with Crippen molar-refractivity contribution in [1.82, 2.24) is 5.48 Å². The number of rotatable bonds is 4. The molecule has 0 radical (unpaired) electrons. The molecule has 1 aromatic rings. The molecule has 1 aliphatic heterocycles. The Balaban J connectivity index is 1.93. The summed E-state index contributed by atoms with van der Waals surface area (Å²) in [5.41, 5.74) is 4.86. The molecule has 4 heteroatoms. The van der Waals surface area contributed by atoms with E-state index in [0.29, 0.717) is 5.02 Å². The summed E-state index contributed by atoms with van der Waals surface area (Å²) >= 11 is 5.97. The van der Waals surface area contributed by atoms with Crippen molar-refractivity contribution in [1.29, 1.82) is 0 Å². The first-order chi connectivity index (χ1) is 8.79. The normalized spacial score (nSPS) is 20.8. The molecule has 0 aliphatic carbocycles. The van der Waals surface area contributed by atoms with Crippen LogP contribution >= 0.6 is 11.6 Å². The number of halogens is 1. The van der Waals surface area contributed by atoms with Gasteiger partial charge in [0.2, 0.25) is 0 Å². The predicted molar refractivity (Wildman–Crippen MR) is 72.9 cm³/mol. The summed E-state index contributed by atoms with van der Waals surface area (Å²) in [6, 6.07) is 7.65. The van der Waals surface area contributed by atoms with Crippen LogP contribution in [0.5, 0.6) is 0 Å². The van der Waals surface area contributed by atoms with E-state index in [4.69, 9.17) is 21.2 Å². The minimum Gasteiger partial charge on any atom is -0.350 e. The van der Waals surface area contributed by atoms with Gasteiger partial charge in [-0.05, 0) is 31.9 Å². The van der Waals surface area contributed by atoms with Gasteiger partial charge in [0, 0.05) is 23.6 Å². The first kappa shape index (κ1) is 13.4. The van der Waals surface area contributed by atoms with Gasteiger partial charge in [-0.15, -0.1) is 0 Å². The Hall–Kier alpha value is -1.03. The standard InChI is InChI=1S/C14H18ClNO2/c1-2-13(11-6-5-7-12(15)10-11)16-18-14-8-3-4-9-17-14/h2,5-7,10,14,16H,3-4,8-9H2,1H3/b13-2+. The SMILES string of the molecule is C/C=C(/NOC1CCCCO1)c1cccc(Cl)c1. The smallest absolute Gasteiger partial charge is 0.183 e. The maximum Gasteiger partial charge on any atom is 0.183 e. The third kappa shape index (κ3) is 3.73. The zero-order chi connectivity index (χ0) is 12.8. The Labute approximate surface area is 113 Å². The zero-order valence-corrected chi connectivity index (χ0v) is 11.2. The molecule has 2 rings (SSSR count). The molecule has 18 heavy (non-hydrogen) atoms. The average Bonchev–Trinajstić information content (AvgIpc) is 2.41. The summed E-state index contributed by atoms with van der Waals surface area (Å²) in [5, 5.41) is 0.711. The predicted octanol–water partition coefficient (Wildman–Crippen LogP) is 3.75. The lowest BCUT2D eigenvalue weighted by molar-refractivity contribution is -0.184. The van der Waals surface area contributed by atoms with Crippen LogP contribution in [0.1, 0.15) is 31.7 Å². The van der Waals surface area contributed by atoms with Crippen molar-refractivity contribution >= 4 is 17.3 Å². The quantitative estimate of drug-likeness (QED) is 0.843. The van der Waals surface area contributed by atoms with Crippen LogP contribution in [0.2, 0.25) is 5.02 Å². The molecule has 98 valence electrons. The summed E-state index contributed by atoms with van der Waals surface area (Å²) in [5.74, 6) is 0. The lowest BCUT2D eigenvalue weighted by atomic mass is 10.1. The van der Waals surface area contributed by atoms with Crippen LogP contribution in [-0.2, 0) is 9.57 Å². The van der Waals surface area contributed by atoms with E-state index in [-0.39, 0.29) is 6.29 Å². The van der Waals surface area contributed by atoms with Crippen molar-refractivity contribution < 1.29 is 9.57 Å². The molecule has 0 bridgehead atoms. The Morgan fingerprint density at radius 3 is 3.06 bits per heavy atom. The molecule has 0 amide bonds. The summed E-state index contributed by atoms with van der Waals surface area (Å²) in [4.78, 5) is 5.55. The minimum atomic E-state index is -0.159. The maximum absolute atomic E-state index is 5.97. The molecule has 3 nitrogen and oxygen atoms in total. The van der Waals surface area contributed by atoms with E-state index in [9.17, 15) is 0 Å². The van der Waals surface area contributed by atoms with Gasteiger partial charge in [-0.1, -0.05) is 29.8 Å².